The summed E-state index contributed by atoms with van der Waals surface area (Å²) in [5.74, 6) is 0.517. The number of methoxy groups -OCH3 is 2. The Morgan fingerprint density at radius 2 is 1.92 bits per heavy atom. The van der Waals surface area contributed by atoms with Gasteiger partial charge in [0, 0.05) is 37.7 Å². The lowest BCUT2D eigenvalue weighted by Gasteiger charge is -2.46. The zero-order chi connectivity index (χ0) is 35.3. The van der Waals surface area contributed by atoms with E-state index in [2.05, 4.69) is 26.1 Å². The Morgan fingerprint density at radius 3 is 2.66 bits per heavy atom. The highest BCUT2D eigenvalue weighted by Gasteiger charge is 2.45. The molecule has 2 aromatic carbocycles. The predicted octanol–water partition coefficient (Wildman–Crippen LogP) is 5.53. The molecule has 5 atom stereocenters. The maximum absolute atomic E-state index is 15.0. The van der Waals surface area contributed by atoms with Gasteiger partial charge in [-0.2, -0.15) is 0 Å². The van der Waals surface area contributed by atoms with Gasteiger partial charge in [0.15, 0.2) is 9.92 Å². The normalized spacial score (nSPS) is 31.5. The Bertz CT molecular complexity index is 1800. The van der Waals surface area contributed by atoms with Crippen LogP contribution in [0, 0.1) is 11.8 Å². The number of nitrogens with one attached hydrogen (secondary N) is 1. The van der Waals surface area contributed by atoms with E-state index in [0.29, 0.717) is 37.9 Å². The first-order chi connectivity index (χ1) is 23.9. The van der Waals surface area contributed by atoms with Crippen LogP contribution in [0.2, 0.25) is 5.02 Å². The van der Waals surface area contributed by atoms with Crippen molar-refractivity contribution in [3.63, 3.8) is 0 Å². The van der Waals surface area contributed by atoms with Gasteiger partial charge in [-0.15, -0.1) is 4.36 Å². The van der Waals surface area contributed by atoms with Gasteiger partial charge in [0.2, 0.25) is 0 Å². The van der Waals surface area contributed by atoms with Gasteiger partial charge in [-0.1, -0.05) is 29.8 Å². The lowest BCUT2D eigenvalue weighted by Crippen LogP contribution is -2.58. The fourth-order valence-corrected chi connectivity index (χ4v) is 9.81. The maximum Gasteiger partial charge on any atom is 0.330 e. The van der Waals surface area contributed by atoms with E-state index in [1.54, 1.807) is 46.3 Å². The van der Waals surface area contributed by atoms with Crippen LogP contribution in [-0.2, 0) is 40.8 Å². The summed E-state index contributed by atoms with van der Waals surface area (Å²) in [6.45, 7) is 5.88. The van der Waals surface area contributed by atoms with Crippen molar-refractivity contribution in [1.29, 1.82) is 0 Å². The summed E-state index contributed by atoms with van der Waals surface area (Å²) < 4.78 is 45.8. The number of urea groups is 1. The molecule has 1 saturated carbocycles. The lowest BCUT2D eigenvalue weighted by molar-refractivity contribution is -0.137. The number of halogens is 1. The largest absolute Gasteiger partial charge is 0.490 e. The maximum atomic E-state index is 15.0. The van der Waals surface area contributed by atoms with Gasteiger partial charge >= 0.3 is 6.03 Å². The minimum absolute atomic E-state index is 0.103. The molecule has 0 aromatic heterocycles. The van der Waals surface area contributed by atoms with Crippen molar-refractivity contribution >= 4 is 39.1 Å². The topological polar surface area (TPSA) is 119 Å². The van der Waals surface area contributed by atoms with Crippen LogP contribution >= 0.6 is 11.6 Å². The summed E-state index contributed by atoms with van der Waals surface area (Å²) in [6, 6.07) is 10.8. The van der Waals surface area contributed by atoms with Gasteiger partial charge in [-0.25, -0.2) is 13.7 Å². The third kappa shape index (κ3) is 6.65. The van der Waals surface area contributed by atoms with Gasteiger partial charge in [0.1, 0.15) is 11.4 Å². The van der Waals surface area contributed by atoms with E-state index in [0.717, 1.165) is 49.4 Å². The summed E-state index contributed by atoms with van der Waals surface area (Å²) in [5.41, 5.74) is 1.53. The van der Waals surface area contributed by atoms with Crippen molar-refractivity contribution in [3.05, 3.63) is 64.7 Å². The number of benzene rings is 2. The van der Waals surface area contributed by atoms with Crippen molar-refractivity contribution in [1.82, 2.24) is 9.62 Å². The van der Waals surface area contributed by atoms with Crippen molar-refractivity contribution < 1.29 is 32.7 Å². The quantitative estimate of drug-likeness (QED) is 0.411. The molecule has 2 aliphatic carbocycles. The molecule has 5 aliphatic rings. The number of carbonyl (C=O) groups excluding carboxylic acids is 2. The van der Waals surface area contributed by atoms with Crippen molar-refractivity contribution in [2.24, 2.45) is 16.2 Å². The number of hydrogen-bond acceptors (Lipinski definition) is 8. The smallest absolute Gasteiger partial charge is 0.330 e. The fourth-order valence-electron chi connectivity index (χ4n) is 8.00. The second-order valence-corrected chi connectivity index (χ2v) is 17.1. The van der Waals surface area contributed by atoms with Crippen LogP contribution in [0.3, 0.4) is 0 Å². The van der Waals surface area contributed by atoms with E-state index in [9.17, 15) is 13.8 Å². The third-order valence-corrected chi connectivity index (χ3v) is 13.2. The number of amides is 3. The van der Waals surface area contributed by atoms with E-state index in [-0.39, 0.29) is 35.0 Å². The average Bonchev–Trinajstić information content (AvgIpc) is 3.20. The number of aryl methyl sites for hydroxylation is 1. The molecule has 11 nitrogen and oxygen atoms in total. The van der Waals surface area contributed by atoms with Crippen LogP contribution in [0.25, 0.3) is 0 Å². The standard InChI is InChI=1S/C37H47ClN4O7S/c1-36(2)34(43)39-50(45,40-35(44)41-20-27(21-41)46-3)28-11-14-33-31(18-28)42(19-25-9-12-29(25)32(47-4)8-6-16-49-36)22-37(23-48-33)15-5-7-24-17-26(38)10-13-30(24)37/h6,8,10-11,13-14,17-18,25,27,29,32H,5,7,9,12,15-16,19-23H2,1-4H3,(H,39,40,43,44,45)/b8-6+/t25-,29+,32-,37-,50?/m0/s1. The molecule has 1 spiro atoms. The highest BCUT2D eigenvalue weighted by atomic mass is 35.5. The van der Waals surface area contributed by atoms with E-state index in [1.165, 1.54) is 16.0 Å². The number of anilines is 1. The average molecular weight is 727 g/mol. The van der Waals surface area contributed by atoms with E-state index < -0.39 is 27.5 Å². The second-order valence-electron chi connectivity index (χ2n) is 14.8. The van der Waals surface area contributed by atoms with Gasteiger partial charge in [-0.3, -0.25) is 4.79 Å². The van der Waals surface area contributed by atoms with Crippen molar-refractivity contribution in [2.75, 3.05) is 58.5 Å². The fraction of sp³-hybridized carbons (Fsp3) is 0.568. The Labute approximate surface area is 299 Å². The van der Waals surface area contributed by atoms with E-state index >= 15 is 0 Å². The molecule has 3 aliphatic heterocycles. The zero-order valence-electron chi connectivity index (χ0n) is 29.2. The molecule has 270 valence electrons. The van der Waals surface area contributed by atoms with Crippen molar-refractivity contribution in [3.8, 4) is 5.75 Å². The SMILES string of the molecule is COC1CN(C(=O)NS2(=O)=NC(=O)C(C)(C)OC/C=C/[C@H](OC)[C@@H]3CC[C@H]3CN3C[C@@]4(CCCc5cc(Cl)ccc54)COc4ccc2cc43)C1. The monoisotopic (exact) mass is 726 g/mol. The van der Waals surface area contributed by atoms with Gasteiger partial charge in [0.25, 0.3) is 5.91 Å². The van der Waals surface area contributed by atoms with Gasteiger partial charge in [-0.05, 0) is 99.2 Å². The molecular formula is C37H47ClN4O7S. The molecule has 3 amide bonds. The third-order valence-electron chi connectivity index (χ3n) is 11.2. The zero-order valence-corrected chi connectivity index (χ0v) is 30.8. The van der Waals surface area contributed by atoms with Crippen LogP contribution in [0.15, 0.2) is 57.8 Å². The molecule has 2 bridgehead atoms. The molecule has 7 rings (SSSR count). The Hall–Kier alpha value is -3.16. The summed E-state index contributed by atoms with van der Waals surface area (Å²) in [5, 5.41) is 0.726. The molecule has 1 saturated heterocycles. The Morgan fingerprint density at radius 1 is 1.10 bits per heavy atom. The first-order valence-corrected chi connectivity index (χ1v) is 19.4. The van der Waals surface area contributed by atoms with Gasteiger partial charge in [0.05, 0.1) is 49.1 Å². The molecule has 2 fully saturated rings. The van der Waals surface area contributed by atoms with Crippen LogP contribution in [0.5, 0.6) is 5.75 Å². The Kier molecular flexibility index (Phi) is 9.70. The molecule has 50 heavy (non-hydrogen) atoms. The highest BCUT2D eigenvalue weighted by molar-refractivity contribution is 7.92. The number of hydrogen-bond donors (Lipinski definition) is 1. The predicted molar refractivity (Wildman–Crippen MR) is 191 cm³/mol. The molecule has 13 heteroatoms. The van der Waals surface area contributed by atoms with Crippen LogP contribution in [0.4, 0.5) is 10.5 Å². The van der Waals surface area contributed by atoms with E-state index in [4.69, 9.17) is 30.5 Å². The molecule has 2 aromatic rings. The molecule has 1 unspecified atom stereocenters. The second kappa shape index (κ2) is 13.8. The summed E-state index contributed by atoms with van der Waals surface area (Å²) in [6.07, 6.45) is 8.67. The summed E-state index contributed by atoms with van der Waals surface area (Å²) >= 11 is 6.46. The Balaban J connectivity index is 1.34. The van der Waals surface area contributed by atoms with Crippen LogP contribution in [-0.4, -0.2) is 92.5 Å². The number of ether oxygens (including phenoxy) is 4. The lowest BCUT2D eigenvalue weighted by atomic mass is 9.68. The number of carbonyl (C=O) groups is 2. The number of likely N-dealkylation sites (tertiary alicyclic amines) is 1. The summed E-state index contributed by atoms with van der Waals surface area (Å²) in [7, 11) is -0.507. The van der Waals surface area contributed by atoms with Crippen molar-refractivity contribution in [2.45, 2.75) is 74.1 Å². The molecule has 1 N–H and O–H groups in total. The van der Waals surface area contributed by atoms with Crippen LogP contribution < -0.4 is 14.4 Å². The first kappa shape index (κ1) is 35.3. The number of rotatable bonds is 3. The first-order valence-electron chi connectivity index (χ1n) is 17.5. The molecule has 0 radical (unpaired) electrons. The minimum Gasteiger partial charge on any atom is -0.490 e. The molecular weight excluding hydrogens is 680 g/mol. The molecule has 3 heterocycles. The number of nitrogens with zero attached hydrogens (tertiary/aromatic N) is 3. The van der Waals surface area contributed by atoms with Crippen LogP contribution in [0.1, 0.15) is 50.7 Å². The summed E-state index contributed by atoms with van der Waals surface area (Å²) in [4.78, 5) is 31.3. The van der Waals surface area contributed by atoms with Gasteiger partial charge < -0.3 is 28.7 Å². The number of fused-ring (bicyclic) bond motifs is 4. The van der Waals surface area contributed by atoms with E-state index in [1.807, 2.05) is 18.2 Å². The minimum atomic E-state index is -3.83. The highest BCUT2D eigenvalue weighted by Crippen LogP contribution is 2.47.